The van der Waals surface area contributed by atoms with Crippen molar-refractivity contribution < 1.29 is 4.39 Å². The van der Waals surface area contributed by atoms with Gasteiger partial charge in [0, 0.05) is 23.5 Å². The predicted molar refractivity (Wildman–Crippen MR) is 85.1 cm³/mol. The number of pyridine rings is 1. The SMILES string of the molecule is CCCNC(Cc1cc(Cl)ccc1F)c1ccncc1C. The summed E-state index contributed by atoms with van der Waals surface area (Å²) < 4.78 is 14.0. The van der Waals surface area contributed by atoms with E-state index in [1.54, 1.807) is 18.3 Å². The number of aryl methyl sites for hydroxylation is 1. The van der Waals surface area contributed by atoms with Crippen molar-refractivity contribution >= 4 is 11.6 Å². The van der Waals surface area contributed by atoms with Crippen LogP contribution >= 0.6 is 11.6 Å². The van der Waals surface area contributed by atoms with Gasteiger partial charge in [-0.1, -0.05) is 18.5 Å². The molecule has 0 saturated carbocycles. The van der Waals surface area contributed by atoms with Crippen molar-refractivity contribution in [2.45, 2.75) is 32.7 Å². The molecule has 21 heavy (non-hydrogen) atoms. The Labute approximate surface area is 130 Å². The van der Waals surface area contributed by atoms with E-state index >= 15 is 0 Å². The smallest absolute Gasteiger partial charge is 0.126 e. The molecule has 2 rings (SSSR count). The average Bonchev–Trinajstić information content (AvgIpc) is 2.48. The van der Waals surface area contributed by atoms with Crippen molar-refractivity contribution in [2.24, 2.45) is 0 Å². The number of hydrogen-bond donors (Lipinski definition) is 1. The van der Waals surface area contributed by atoms with E-state index in [0.29, 0.717) is 17.0 Å². The van der Waals surface area contributed by atoms with Crippen LogP contribution < -0.4 is 5.32 Å². The van der Waals surface area contributed by atoms with Gasteiger partial charge in [0.15, 0.2) is 0 Å². The highest BCUT2D eigenvalue weighted by atomic mass is 35.5. The Morgan fingerprint density at radius 2 is 2.14 bits per heavy atom. The molecule has 0 aliphatic rings. The topological polar surface area (TPSA) is 24.9 Å². The first-order valence-electron chi connectivity index (χ1n) is 7.19. The van der Waals surface area contributed by atoms with Crippen molar-refractivity contribution in [3.05, 3.63) is 64.2 Å². The van der Waals surface area contributed by atoms with Gasteiger partial charge in [-0.05, 0) is 67.3 Å². The highest BCUT2D eigenvalue weighted by molar-refractivity contribution is 6.30. The molecular formula is C17H20ClFN2. The van der Waals surface area contributed by atoms with E-state index in [1.165, 1.54) is 6.07 Å². The predicted octanol–water partition coefficient (Wildman–Crippen LogP) is 4.47. The minimum absolute atomic E-state index is 0.0564. The molecule has 0 spiro atoms. The normalized spacial score (nSPS) is 12.4. The Balaban J connectivity index is 2.28. The van der Waals surface area contributed by atoms with E-state index in [9.17, 15) is 4.39 Å². The standard InChI is InChI=1S/C17H20ClFN2/c1-3-7-21-17(15-6-8-20-11-12(15)2)10-13-9-14(18)4-5-16(13)19/h4-6,8-9,11,17,21H,3,7,10H2,1-2H3. The fourth-order valence-corrected chi connectivity index (χ4v) is 2.60. The van der Waals surface area contributed by atoms with Crippen LogP contribution in [-0.4, -0.2) is 11.5 Å². The maximum atomic E-state index is 14.0. The minimum atomic E-state index is -0.214. The second-order valence-electron chi connectivity index (χ2n) is 5.18. The van der Waals surface area contributed by atoms with Crippen molar-refractivity contribution in [1.82, 2.24) is 10.3 Å². The summed E-state index contributed by atoms with van der Waals surface area (Å²) in [4.78, 5) is 4.12. The van der Waals surface area contributed by atoms with Gasteiger partial charge in [0.25, 0.3) is 0 Å². The second kappa shape index (κ2) is 7.53. The third-order valence-electron chi connectivity index (χ3n) is 3.51. The Morgan fingerprint density at radius 3 is 2.86 bits per heavy atom. The van der Waals surface area contributed by atoms with E-state index in [4.69, 9.17) is 11.6 Å². The zero-order valence-corrected chi connectivity index (χ0v) is 13.1. The van der Waals surface area contributed by atoms with E-state index in [-0.39, 0.29) is 11.9 Å². The van der Waals surface area contributed by atoms with E-state index in [2.05, 4.69) is 17.2 Å². The maximum Gasteiger partial charge on any atom is 0.126 e. The summed E-state index contributed by atoms with van der Waals surface area (Å²) in [6.45, 7) is 5.02. The van der Waals surface area contributed by atoms with Gasteiger partial charge in [-0.3, -0.25) is 4.98 Å². The molecule has 0 radical (unpaired) electrons. The number of benzene rings is 1. The van der Waals surface area contributed by atoms with Crippen LogP contribution in [0.25, 0.3) is 0 Å². The van der Waals surface area contributed by atoms with Gasteiger partial charge in [0.2, 0.25) is 0 Å². The molecule has 4 heteroatoms. The molecule has 0 aliphatic carbocycles. The largest absolute Gasteiger partial charge is 0.310 e. The first kappa shape index (κ1) is 15.9. The van der Waals surface area contributed by atoms with Crippen LogP contribution in [0.5, 0.6) is 0 Å². The maximum absolute atomic E-state index is 14.0. The highest BCUT2D eigenvalue weighted by Crippen LogP contribution is 2.24. The quantitative estimate of drug-likeness (QED) is 0.852. The lowest BCUT2D eigenvalue weighted by molar-refractivity contribution is 0.511. The third-order valence-corrected chi connectivity index (χ3v) is 3.75. The Bertz CT molecular complexity index is 601. The van der Waals surface area contributed by atoms with Crippen LogP contribution in [0.3, 0.4) is 0 Å². The summed E-state index contributed by atoms with van der Waals surface area (Å²) in [5.41, 5.74) is 2.89. The summed E-state index contributed by atoms with van der Waals surface area (Å²) in [6, 6.07) is 6.75. The van der Waals surface area contributed by atoms with Gasteiger partial charge in [-0.15, -0.1) is 0 Å². The van der Waals surface area contributed by atoms with E-state index in [1.807, 2.05) is 19.2 Å². The number of aromatic nitrogens is 1. The summed E-state index contributed by atoms with van der Waals surface area (Å²) in [5, 5.41) is 4.05. The zero-order valence-electron chi connectivity index (χ0n) is 12.4. The Kier molecular flexibility index (Phi) is 5.71. The van der Waals surface area contributed by atoms with Crippen LogP contribution in [-0.2, 0) is 6.42 Å². The minimum Gasteiger partial charge on any atom is -0.310 e. The zero-order chi connectivity index (χ0) is 15.2. The molecule has 1 atom stereocenters. The number of hydrogen-bond acceptors (Lipinski definition) is 2. The number of halogens is 2. The van der Waals surface area contributed by atoms with Crippen LogP contribution in [0.2, 0.25) is 5.02 Å². The lowest BCUT2D eigenvalue weighted by atomic mass is 9.96. The number of rotatable bonds is 6. The summed E-state index contributed by atoms with van der Waals surface area (Å²) in [5.74, 6) is -0.214. The van der Waals surface area contributed by atoms with Crippen molar-refractivity contribution in [3.8, 4) is 0 Å². The van der Waals surface area contributed by atoms with Gasteiger partial charge in [-0.2, -0.15) is 0 Å². The molecule has 0 saturated heterocycles. The van der Waals surface area contributed by atoms with Crippen LogP contribution in [0.4, 0.5) is 4.39 Å². The lowest BCUT2D eigenvalue weighted by Crippen LogP contribution is -2.25. The summed E-state index contributed by atoms with van der Waals surface area (Å²) >= 11 is 5.98. The average molecular weight is 307 g/mol. The van der Waals surface area contributed by atoms with E-state index < -0.39 is 0 Å². The summed E-state index contributed by atoms with van der Waals surface area (Å²) in [6.07, 6.45) is 5.21. The highest BCUT2D eigenvalue weighted by Gasteiger charge is 2.16. The molecule has 0 fully saturated rings. The van der Waals surface area contributed by atoms with E-state index in [0.717, 1.165) is 24.1 Å². The molecule has 1 unspecified atom stereocenters. The molecule has 0 bridgehead atoms. The van der Waals surface area contributed by atoms with Gasteiger partial charge >= 0.3 is 0 Å². The molecule has 2 aromatic rings. The van der Waals surface area contributed by atoms with Crippen molar-refractivity contribution in [2.75, 3.05) is 6.54 Å². The monoisotopic (exact) mass is 306 g/mol. The lowest BCUT2D eigenvalue weighted by Gasteiger charge is -2.21. The molecule has 1 N–H and O–H groups in total. The fourth-order valence-electron chi connectivity index (χ4n) is 2.41. The Morgan fingerprint density at radius 1 is 1.33 bits per heavy atom. The first-order valence-corrected chi connectivity index (χ1v) is 7.57. The molecule has 2 nitrogen and oxygen atoms in total. The molecule has 112 valence electrons. The Hall–Kier alpha value is -1.45. The molecule has 1 heterocycles. The molecule has 0 amide bonds. The van der Waals surface area contributed by atoms with Gasteiger partial charge in [0.05, 0.1) is 0 Å². The molecule has 1 aromatic carbocycles. The second-order valence-corrected chi connectivity index (χ2v) is 5.62. The number of nitrogens with one attached hydrogen (secondary N) is 1. The van der Waals surface area contributed by atoms with Gasteiger partial charge in [-0.25, -0.2) is 4.39 Å². The van der Waals surface area contributed by atoms with Crippen molar-refractivity contribution in [1.29, 1.82) is 0 Å². The van der Waals surface area contributed by atoms with Gasteiger partial charge < -0.3 is 5.32 Å². The van der Waals surface area contributed by atoms with Crippen LogP contribution in [0, 0.1) is 12.7 Å². The number of nitrogens with zero attached hydrogens (tertiary/aromatic N) is 1. The van der Waals surface area contributed by atoms with Gasteiger partial charge in [0.1, 0.15) is 5.82 Å². The molecule has 0 aliphatic heterocycles. The first-order chi connectivity index (χ1) is 10.1. The third kappa shape index (κ3) is 4.26. The summed E-state index contributed by atoms with van der Waals surface area (Å²) in [7, 11) is 0. The molecular weight excluding hydrogens is 287 g/mol. The fraction of sp³-hybridized carbons (Fsp3) is 0.353. The van der Waals surface area contributed by atoms with Crippen LogP contribution in [0.1, 0.15) is 36.1 Å². The molecule has 1 aromatic heterocycles. The van der Waals surface area contributed by atoms with Crippen molar-refractivity contribution in [3.63, 3.8) is 0 Å². The van der Waals surface area contributed by atoms with Crippen LogP contribution in [0.15, 0.2) is 36.7 Å².